The molecule has 5 aliphatic rings. The summed E-state index contributed by atoms with van der Waals surface area (Å²) >= 11 is 0. The van der Waals surface area contributed by atoms with Crippen LogP contribution in [-0.2, 0) is 9.53 Å². The molecule has 5 rings (SSSR count). The van der Waals surface area contributed by atoms with Crippen molar-refractivity contribution in [1.82, 2.24) is 4.90 Å². The first-order valence-electron chi connectivity index (χ1n) is 8.63. The Hall–Kier alpha value is -0.610. The van der Waals surface area contributed by atoms with Gasteiger partial charge in [-0.05, 0) is 63.2 Å². The SMILES string of the molecule is CC1COC(CO)CN1C(=O)C12CC3CC(CC(C3)C1)C2. The van der Waals surface area contributed by atoms with Crippen molar-refractivity contribution in [2.75, 3.05) is 19.8 Å². The van der Waals surface area contributed by atoms with Crippen LogP contribution in [0.15, 0.2) is 0 Å². The maximum atomic E-state index is 13.3. The summed E-state index contributed by atoms with van der Waals surface area (Å²) in [6.45, 7) is 3.21. The lowest BCUT2D eigenvalue weighted by molar-refractivity contribution is -0.170. The quantitative estimate of drug-likeness (QED) is 0.845. The molecule has 21 heavy (non-hydrogen) atoms. The minimum atomic E-state index is -0.195. The third-order valence-corrected chi connectivity index (χ3v) is 6.46. The molecule has 4 saturated carbocycles. The van der Waals surface area contributed by atoms with Crippen molar-refractivity contribution in [1.29, 1.82) is 0 Å². The Morgan fingerprint density at radius 1 is 1.19 bits per heavy atom. The van der Waals surface area contributed by atoms with Crippen molar-refractivity contribution < 1.29 is 14.6 Å². The number of carbonyl (C=O) groups excluding carboxylic acids is 1. The van der Waals surface area contributed by atoms with Gasteiger partial charge in [0.2, 0.25) is 5.91 Å². The number of hydrogen-bond acceptors (Lipinski definition) is 3. The van der Waals surface area contributed by atoms with Crippen LogP contribution in [0.25, 0.3) is 0 Å². The van der Waals surface area contributed by atoms with E-state index in [1.807, 2.05) is 4.90 Å². The Kier molecular flexibility index (Phi) is 3.30. The molecule has 0 spiro atoms. The van der Waals surface area contributed by atoms with E-state index in [9.17, 15) is 9.90 Å². The maximum Gasteiger partial charge on any atom is 0.229 e. The number of nitrogens with zero attached hydrogens (tertiary/aromatic N) is 1. The van der Waals surface area contributed by atoms with Crippen molar-refractivity contribution in [3.8, 4) is 0 Å². The van der Waals surface area contributed by atoms with Gasteiger partial charge in [-0.3, -0.25) is 4.79 Å². The number of hydrogen-bond donors (Lipinski definition) is 1. The van der Waals surface area contributed by atoms with E-state index in [4.69, 9.17) is 4.74 Å². The molecule has 1 heterocycles. The summed E-state index contributed by atoms with van der Waals surface area (Å²) in [7, 11) is 0. The molecule has 1 N–H and O–H groups in total. The van der Waals surface area contributed by atoms with E-state index < -0.39 is 0 Å². The third-order valence-electron chi connectivity index (χ3n) is 6.46. The lowest BCUT2D eigenvalue weighted by Gasteiger charge is -2.57. The van der Waals surface area contributed by atoms with Gasteiger partial charge in [-0.15, -0.1) is 0 Å². The molecule has 118 valence electrons. The van der Waals surface area contributed by atoms with Gasteiger partial charge in [-0.1, -0.05) is 0 Å². The van der Waals surface area contributed by atoms with Gasteiger partial charge in [-0.25, -0.2) is 0 Å². The van der Waals surface area contributed by atoms with Crippen molar-refractivity contribution in [2.45, 2.75) is 57.6 Å². The summed E-state index contributed by atoms with van der Waals surface area (Å²) in [5.74, 6) is 2.76. The lowest BCUT2D eigenvalue weighted by Crippen LogP contribution is -2.60. The minimum Gasteiger partial charge on any atom is -0.394 e. The van der Waals surface area contributed by atoms with Crippen LogP contribution in [0.2, 0.25) is 0 Å². The predicted molar refractivity (Wildman–Crippen MR) is 78.6 cm³/mol. The Balaban J connectivity index is 1.56. The molecule has 0 radical (unpaired) electrons. The Morgan fingerprint density at radius 3 is 2.29 bits per heavy atom. The van der Waals surface area contributed by atoms with Gasteiger partial charge in [0.05, 0.1) is 30.8 Å². The van der Waals surface area contributed by atoms with Crippen LogP contribution in [0.4, 0.5) is 0 Å². The van der Waals surface area contributed by atoms with Crippen molar-refractivity contribution >= 4 is 5.91 Å². The highest BCUT2D eigenvalue weighted by Gasteiger charge is 2.56. The smallest absolute Gasteiger partial charge is 0.229 e. The second-order valence-electron chi connectivity index (χ2n) is 8.14. The zero-order valence-electron chi connectivity index (χ0n) is 13.0. The highest BCUT2D eigenvalue weighted by atomic mass is 16.5. The fraction of sp³-hybridized carbons (Fsp3) is 0.941. The minimum absolute atomic E-state index is 0.0113. The standard InChI is InChI=1S/C17H27NO3/c1-11-10-21-15(9-19)8-18(11)16(20)17-5-12-2-13(6-17)4-14(3-12)7-17/h11-15,19H,2-10H2,1H3. The number of rotatable bonds is 2. The Morgan fingerprint density at radius 2 is 1.76 bits per heavy atom. The van der Waals surface area contributed by atoms with Crippen LogP contribution in [0, 0.1) is 23.2 Å². The van der Waals surface area contributed by atoms with Gasteiger partial charge in [0.25, 0.3) is 0 Å². The normalized spacial score (nSPS) is 48.7. The molecular weight excluding hydrogens is 266 g/mol. The van der Waals surface area contributed by atoms with E-state index in [2.05, 4.69) is 6.92 Å². The topological polar surface area (TPSA) is 49.8 Å². The van der Waals surface area contributed by atoms with Crippen molar-refractivity contribution in [2.24, 2.45) is 23.2 Å². The zero-order chi connectivity index (χ0) is 14.6. The summed E-state index contributed by atoms with van der Waals surface area (Å²) in [6, 6.07) is 0.147. The predicted octanol–water partition coefficient (Wildman–Crippen LogP) is 1.81. The molecule has 4 aliphatic carbocycles. The zero-order valence-corrected chi connectivity index (χ0v) is 13.0. The van der Waals surface area contributed by atoms with E-state index in [1.165, 1.54) is 19.3 Å². The van der Waals surface area contributed by atoms with Gasteiger partial charge in [-0.2, -0.15) is 0 Å². The summed E-state index contributed by atoms with van der Waals surface area (Å²) in [5, 5.41) is 9.35. The first kappa shape index (κ1) is 14.0. The Labute approximate surface area is 126 Å². The number of carbonyl (C=O) groups is 1. The average Bonchev–Trinajstić information content (AvgIpc) is 2.45. The molecule has 4 heteroatoms. The van der Waals surface area contributed by atoms with E-state index in [-0.39, 0.29) is 24.2 Å². The molecule has 1 amide bonds. The van der Waals surface area contributed by atoms with Gasteiger partial charge in [0.1, 0.15) is 0 Å². The van der Waals surface area contributed by atoms with E-state index in [0.29, 0.717) is 19.1 Å². The number of ether oxygens (including phenoxy) is 1. The molecule has 4 bridgehead atoms. The second-order valence-corrected chi connectivity index (χ2v) is 8.14. The van der Waals surface area contributed by atoms with Crippen LogP contribution in [0.1, 0.15) is 45.4 Å². The molecule has 2 atom stereocenters. The van der Waals surface area contributed by atoms with Crippen LogP contribution in [-0.4, -0.2) is 47.8 Å². The summed E-state index contributed by atoms with van der Waals surface area (Å²) in [4.78, 5) is 15.3. The van der Waals surface area contributed by atoms with Crippen molar-refractivity contribution in [3.05, 3.63) is 0 Å². The first-order valence-corrected chi connectivity index (χ1v) is 8.63. The number of amides is 1. The molecular formula is C17H27NO3. The number of aliphatic hydroxyl groups is 1. The first-order chi connectivity index (χ1) is 10.1. The third kappa shape index (κ3) is 2.22. The van der Waals surface area contributed by atoms with Gasteiger partial charge in [0, 0.05) is 6.54 Å². The molecule has 0 aromatic rings. The van der Waals surface area contributed by atoms with Crippen molar-refractivity contribution in [3.63, 3.8) is 0 Å². The van der Waals surface area contributed by atoms with Gasteiger partial charge in [0.15, 0.2) is 0 Å². The maximum absolute atomic E-state index is 13.3. The fourth-order valence-electron chi connectivity index (χ4n) is 5.89. The summed E-state index contributed by atoms with van der Waals surface area (Å²) in [5.41, 5.74) is -0.0691. The van der Waals surface area contributed by atoms with Gasteiger partial charge < -0.3 is 14.7 Å². The number of aliphatic hydroxyl groups excluding tert-OH is 1. The molecule has 5 fully saturated rings. The van der Waals surface area contributed by atoms with E-state index in [1.54, 1.807) is 0 Å². The molecule has 2 unspecified atom stereocenters. The van der Waals surface area contributed by atoms with Crippen LogP contribution in [0.3, 0.4) is 0 Å². The average molecular weight is 293 g/mol. The molecule has 1 saturated heterocycles. The van der Waals surface area contributed by atoms with Crippen LogP contribution >= 0.6 is 0 Å². The molecule has 0 aromatic heterocycles. The fourth-order valence-corrected chi connectivity index (χ4v) is 5.89. The van der Waals surface area contributed by atoms with Gasteiger partial charge >= 0.3 is 0 Å². The molecule has 0 aromatic carbocycles. The Bertz CT molecular complexity index is 400. The molecule has 4 nitrogen and oxygen atoms in total. The highest BCUT2D eigenvalue weighted by Crippen LogP contribution is 2.60. The van der Waals surface area contributed by atoms with Crippen LogP contribution in [0.5, 0.6) is 0 Å². The highest BCUT2D eigenvalue weighted by molar-refractivity contribution is 5.83. The van der Waals surface area contributed by atoms with Crippen LogP contribution < -0.4 is 0 Å². The van der Waals surface area contributed by atoms with E-state index in [0.717, 1.165) is 37.0 Å². The molecule has 1 aliphatic heterocycles. The second kappa shape index (κ2) is 4.95. The lowest BCUT2D eigenvalue weighted by atomic mass is 9.49. The monoisotopic (exact) mass is 293 g/mol. The number of morpholine rings is 1. The summed E-state index contributed by atoms with van der Waals surface area (Å²) in [6.07, 6.45) is 7.25. The summed E-state index contributed by atoms with van der Waals surface area (Å²) < 4.78 is 5.59. The largest absolute Gasteiger partial charge is 0.394 e. The van der Waals surface area contributed by atoms with E-state index >= 15 is 0 Å².